The van der Waals surface area contributed by atoms with Gasteiger partial charge in [-0.15, -0.1) is 0 Å². The first-order valence-corrected chi connectivity index (χ1v) is 8.34. The third kappa shape index (κ3) is 3.48. The molecule has 8 nitrogen and oxygen atoms in total. The predicted octanol–water partition coefficient (Wildman–Crippen LogP) is 1.53. The molecule has 4 heterocycles. The summed E-state index contributed by atoms with van der Waals surface area (Å²) >= 11 is 0. The Morgan fingerprint density at radius 3 is 2.88 bits per heavy atom. The van der Waals surface area contributed by atoms with Crippen molar-refractivity contribution in [2.24, 2.45) is 0 Å². The second-order valence-electron chi connectivity index (χ2n) is 5.87. The molecule has 4 rings (SSSR count). The van der Waals surface area contributed by atoms with E-state index in [1.165, 1.54) is 0 Å². The summed E-state index contributed by atoms with van der Waals surface area (Å²) in [4.78, 5) is 18.1. The summed E-state index contributed by atoms with van der Waals surface area (Å²) in [5, 5.41) is 10.7. The van der Waals surface area contributed by atoms with Gasteiger partial charge in [0.15, 0.2) is 11.6 Å². The molecule has 25 heavy (non-hydrogen) atoms. The number of rotatable bonds is 4. The van der Waals surface area contributed by atoms with Gasteiger partial charge in [-0.05, 0) is 25.1 Å². The van der Waals surface area contributed by atoms with Gasteiger partial charge in [-0.25, -0.2) is 9.97 Å². The Balaban J connectivity index is 1.69. The molecule has 0 spiro atoms. The van der Waals surface area contributed by atoms with Crippen LogP contribution in [0.15, 0.2) is 28.9 Å². The van der Waals surface area contributed by atoms with Crippen LogP contribution in [0, 0.1) is 6.92 Å². The molecule has 8 heteroatoms. The van der Waals surface area contributed by atoms with E-state index in [1.807, 2.05) is 18.2 Å². The van der Waals surface area contributed by atoms with Crippen molar-refractivity contribution in [2.45, 2.75) is 26.3 Å². The lowest BCUT2D eigenvalue weighted by atomic mass is 10.1. The fourth-order valence-corrected chi connectivity index (χ4v) is 2.88. The molecule has 3 aromatic heterocycles. The van der Waals surface area contributed by atoms with Crippen LogP contribution in [0.25, 0.3) is 11.5 Å². The average Bonchev–Trinajstić information content (AvgIpc) is 2.91. The molecule has 0 bridgehead atoms. The summed E-state index contributed by atoms with van der Waals surface area (Å²) in [7, 11) is 0. The van der Waals surface area contributed by atoms with Gasteiger partial charge in [0.05, 0.1) is 12.2 Å². The van der Waals surface area contributed by atoms with Crippen molar-refractivity contribution >= 4 is 5.82 Å². The summed E-state index contributed by atoms with van der Waals surface area (Å²) in [6.07, 6.45) is 3.50. The van der Waals surface area contributed by atoms with Gasteiger partial charge < -0.3 is 15.2 Å². The van der Waals surface area contributed by atoms with Crippen LogP contribution < -0.4 is 10.6 Å². The van der Waals surface area contributed by atoms with Crippen molar-refractivity contribution in [3.05, 3.63) is 47.4 Å². The van der Waals surface area contributed by atoms with Crippen LogP contribution in [-0.2, 0) is 19.4 Å². The third-order valence-electron chi connectivity index (χ3n) is 4.06. The summed E-state index contributed by atoms with van der Waals surface area (Å²) in [6, 6.07) is 5.74. The normalized spacial score (nSPS) is 14.0. The van der Waals surface area contributed by atoms with Crippen molar-refractivity contribution in [3.63, 3.8) is 0 Å². The van der Waals surface area contributed by atoms with Gasteiger partial charge in [-0.2, -0.15) is 4.98 Å². The molecular weight excluding hydrogens is 318 g/mol. The zero-order valence-electron chi connectivity index (χ0n) is 14.0. The third-order valence-corrected chi connectivity index (χ3v) is 4.06. The largest absolute Gasteiger partial charge is 0.362 e. The zero-order valence-corrected chi connectivity index (χ0v) is 14.0. The van der Waals surface area contributed by atoms with Gasteiger partial charge >= 0.3 is 0 Å². The van der Waals surface area contributed by atoms with E-state index in [0.717, 1.165) is 48.7 Å². The lowest BCUT2D eigenvalue weighted by Crippen LogP contribution is -2.16. The number of fused-ring (bicyclic) bond motifs is 1. The lowest BCUT2D eigenvalue weighted by molar-refractivity contribution is 0.388. The Hall–Kier alpha value is -2.87. The first-order chi connectivity index (χ1) is 12.3. The second-order valence-corrected chi connectivity index (χ2v) is 5.87. The van der Waals surface area contributed by atoms with Crippen molar-refractivity contribution < 1.29 is 4.52 Å². The van der Waals surface area contributed by atoms with Gasteiger partial charge in [0.1, 0.15) is 11.5 Å². The molecule has 0 atom stereocenters. The highest BCUT2D eigenvalue weighted by molar-refractivity contribution is 5.57. The van der Waals surface area contributed by atoms with Crippen LogP contribution in [0.3, 0.4) is 0 Å². The number of hydrogen-bond donors (Lipinski definition) is 2. The van der Waals surface area contributed by atoms with E-state index in [-0.39, 0.29) is 0 Å². The molecule has 3 aromatic rings. The molecule has 1 aliphatic heterocycles. The minimum atomic E-state index is 0.454. The summed E-state index contributed by atoms with van der Waals surface area (Å²) in [5.74, 6) is 2.61. The van der Waals surface area contributed by atoms with E-state index in [0.29, 0.717) is 24.1 Å². The Labute approximate surface area is 145 Å². The van der Waals surface area contributed by atoms with Crippen LogP contribution in [0.2, 0.25) is 0 Å². The number of aromatic nitrogens is 5. The Bertz CT molecular complexity index is 863. The minimum absolute atomic E-state index is 0.454. The molecule has 0 aliphatic carbocycles. The fourth-order valence-electron chi connectivity index (χ4n) is 2.88. The maximum Gasteiger partial charge on any atom is 0.223 e. The van der Waals surface area contributed by atoms with Crippen molar-refractivity contribution in [1.82, 2.24) is 30.4 Å². The van der Waals surface area contributed by atoms with Gasteiger partial charge in [-0.3, -0.25) is 4.98 Å². The van der Waals surface area contributed by atoms with E-state index >= 15 is 0 Å². The minimum Gasteiger partial charge on any atom is -0.362 e. The zero-order chi connectivity index (χ0) is 17.1. The molecule has 0 fully saturated rings. The number of anilines is 1. The molecule has 0 saturated heterocycles. The standard InChI is InChI=1S/C17H19N7O/c1-11-21-15(24-25-11)10-20-16-12-5-8-18-9-6-13(12)22-17(23-16)14-4-2-3-7-19-14/h2-4,7,18H,5-6,8-10H2,1H3,(H,20,22,23). The predicted molar refractivity (Wildman–Crippen MR) is 91.9 cm³/mol. The molecule has 0 radical (unpaired) electrons. The molecule has 0 saturated carbocycles. The first-order valence-electron chi connectivity index (χ1n) is 8.34. The highest BCUT2D eigenvalue weighted by Crippen LogP contribution is 2.24. The lowest BCUT2D eigenvalue weighted by Gasteiger charge is -2.13. The molecular formula is C17H19N7O. The summed E-state index contributed by atoms with van der Waals surface area (Å²) < 4.78 is 5.02. The van der Waals surface area contributed by atoms with Crippen molar-refractivity contribution in [1.29, 1.82) is 0 Å². The second kappa shape index (κ2) is 6.94. The number of aryl methyl sites for hydroxylation is 1. The summed E-state index contributed by atoms with van der Waals surface area (Å²) in [6.45, 7) is 4.05. The monoisotopic (exact) mass is 337 g/mol. The topological polar surface area (TPSA) is 102 Å². The molecule has 0 aromatic carbocycles. The highest BCUT2D eigenvalue weighted by Gasteiger charge is 2.18. The van der Waals surface area contributed by atoms with Crippen molar-refractivity contribution in [3.8, 4) is 11.5 Å². The Kier molecular flexibility index (Phi) is 4.34. The Morgan fingerprint density at radius 2 is 2.08 bits per heavy atom. The van der Waals surface area contributed by atoms with E-state index in [2.05, 4.69) is 25.8 Å². The van der Waals surface area contributed by atoms with Gasteiger partial charge in [0, 0.05) is 31.6 Å². The molecule has 1 aliphatic rings. The smallest absolute Gasteiger partial charge is 0.223 e. The number of pyridine rings is 1. The van der Waals surface area contributed by atoms with E-state index in [9.17, 15) is 0 Å². The number of hydrogen-bond acceptors (Lipinski definition) is 8. The maximum absolute atomic E-state index is 5.02. The van der Waals surface area contributed by atoms with Crippen molar-refractivity contribution in [2.75, 3.05) is 18.4 Å². The summed E-state index contributed by atoms with van der Waals surface area (Å²) in [5.41, 5.74) is 2.97. The Morgan fingerprint density at radius 1 is 1.16 bits per heavy atom. The first kappa shape index (κ1) is 15.6. The fraction of sp³-hybridized carbons (Fsp3) is 0.353. The van der Waals surface area contributed by atoms with Crippen LogP contribution in [-0.4, -0.2) is 38.2 Å². The molecule has 0 amide bonds. The van der Waals surface area contributed by atoms with Crippen LogP contribution in [0.4, 0.5) is 5.82 Å². The van der Waals surface area contributed by atoms with Crippen LogP contribution in [0.5, 0.6) is 0 Å². The van der Waals surface area contributed by atoms with Gasteiger partial charge in [0.25, 0.3) is 0 Å². The van der Waals surface area contributed by atoms with E-state index < -0.39 is 0 Å². The van der Waals surface area contributed by atoms with Gasteiger partial charge in [0.2, 0.25) is 5.89 Å². The van der Waals surface area contributed by atoms with Crippen LogP contribution in [0.1, 0.15) is 23.0 Å². The molecule has 128 valence electrons. The number of nitrogens with one attached hydrogen (secondary N) is 2. The number of nitrogens with zero attached hydrogens (tertiary/aromatic N) is 5. The quantitative estimate of drug-likeness (QED) is 0.739. The van der Waals surface area contributed by atoms with Crippen LogP contribution >= 0.6 is 0 Å². The highest BCUT2D eigenvalue weighted by atomic mass is 16.5. The van der Waals surface area contributed by atoms with Gasteiger partial charge in [-0.1, -0.05) is 11.2 Å². The SMILES string of the molecule is Cc1nc(CNc2nc(-c3ccccn3)nc3c2CCNCC3)no1. The van der Waals surface area contributed by atoms with E-state index in [4.69, 9.17) is 14.5 Å². The van der Waals surface area contributed by atoms with E-state index in [1.54, 1.807) is 13.1 Å². The molecule has 2 N–H and O–H groups in total. The maximum atomic E-state index is 5.02. The molecule has 0 unspecified atom stereocenters. The average molecular weight is 337 g/mol.